The van der Waals surface area contributed by atoms with E-state index in [1.54, 1.807) is 0 Å². The largest absolute Gasteiger partial charge is 0.347 e. The van der Waals surface area contributed by atoms with E-state index < -0.39 is 5.79 Å². The van der Waals surface area contributed by atoms with Crippen molar-refractivity contribution >= 4 is 6.03 Å². The highest BCUT2D eigenvalue weighted by Gasteiger charge is 2.42. The van der Waals surface area contributed by atoms with Gasteiger partial charge in [0, 0.05) is 24.6 Å². The molecule has 128 valence electrons. The maximum absolute atomic E-state index is 12.3. The van der Waals surface area contributed by atoms with Gasteiger partial charge in [0.1, 0.15) is 0 Å². The smallest absolute Gasteiger partial charge is 0.318 e. The van der Waals surface area contributed by atoms with E-state index >= 15 is 0 Å². The van der Waals surface area contributed by atoms with Crippen molar-refractivity contribution < 1.29 is 14.3 Å². The van der Waals surface area contributed by atoms with Crippen molar-refractivity contribution in [2.24, 2.45) is 5.92 Å². The number of likely N-dealkylation sites (tertiary alicyclic amines) is 1. The Morgan fingerprint density at radius 2 is 2.08 bits per heavy atom. The summed E-state index contributed by atoms with van der Waals surface area (Å²) in [5.74, 6) is 5.69. The number of ether oxygens (including phenoxy) is 2. The predicted molar refractivity (Wildman–Crippen MR) is 91.3 cm³/mol. The van der Waals surface area contributed by atoms with Gasteiger partial charge in [0.05, 0.1) is 19.8 Å². The number of piperidine rings is 1. The number of amides is 2. The summed E-state index contributed by atoms with van der Waals surface area (Å²) in [4.78, 5) is 14.2. The molecule has 1 aromatic rings. The van der Waals surface area contributed by atoms with E-state index in [0.717, 1.165) is 24.9 Å². The molecule has 5 heteroatoms. The van der Waals surface area contributed by atoms with Gasteiger partial charge in [-0.25, -0.2) is 4.79 Å². The Morgan fingerprint density at radius 1 is 1.33 bits per heavy atom. The normalized spacial score (nSPS) is 22.5. The first kappa shape index (κ1) is 16.8. The lowest BCUT2D eigenvalue weighted by Crippen LogP contribution is -2.51. The second-order valence-corrected chi connectivity index (χ2v) is 6.32. The van der Waals surface area contributed by atoms with Gasteiger partial charge in [-0.05, 0) is 31.9 Å². The Bertz CT molecular complexity index is 614. The van der Waals surface area contributed by atoms with E-state index in [-0.39, 0.29) is 11.9 Å². The fourth-order valence-corrected chi connectivity index (χ4v) is 3.25. The van der Waals surface area contributed by atoms with Crippen LogP contribution in [0.5, 0.6) is 0 Å². The molecule has 2 amide bonds. The zero-order chi connectivity index (χ0) is 16.8. The molecule has 2 aliphatic heterocycles. The summed E-state index contributed by atoms with van der Waals surface area (Å²) in [6, 6.07) is 9.69. The van der Waals surface area contributed by atoms with Crippen molar-refractivity contribution in [3.8, 4) is 11.8 Å². The quantitative estimate of drug-likeness (QED) is 0.847. The highest BCUT2D eigenvalue weighted by Crippen LogP contribution is 2.33. The van der Waals surface area contributed by atoms with Gasteiger partial charge in [-0.2, -0.15) is 0 Å². The molecule has 1 N–H and O–H groups in total. The van der Waals surface area contributed by atoms with Crippen LogP contribution in [0.3, 0.4) is 0 Å². The lowest BCUT2D eigenvalue weighted by molar-refractivity contribution is -0.189. The van der Waals surface area contributed by atoms with Crippen LogP contribution < -0.4 is 5.32 Å². The average molecular weight is 328 g/mol. The zero-order valence-electron chi connectivity index (χ0n) is 14.1. The van der Waals surface area contributed by atoms with Crippen LogP contribution in [0.1, 0.15) is 25.3 Å². The van der Waals surface area contributed by atoms with Gasteiger partial charge >= 0.3 is 6.03 Å². The molecule has 3 rings (SSSR count). The molecule has 0 aliphatic carbocycles. The molecule has 2 heterocycles. The maximum Gasteiger partial charge on any atom is 0.318 e. The molecule has 2 aliphatic rings. The van der Waals surface area contributed by atoms with Crippen LogP contribution in [0.25, 0.3) is 0 Å². The molecule has 0 bridgehead atoms. The highest BCUT2D eigenvalue weighted by atomic mass is 16.7. The molecule has 0 spiro atoms. The first-order valence-corrected chi connectivity index (χ1v) is 8.52. The van der Waals surface area contributed by atoms with Crippen LogP contribution >= 0.6 is 0 Å². The molecule has 1 atom stereocenters. The van der Waals surface area contributed by atoms with Crippen LogP contribution in [-0.2, 0) is 9.47 Å². The summed E-state index contributed by atoms with van der Waals surface area (Å²) < 4.78 is 11.5. The summed E-state index contributed by atoms with van der Waals surface area (Å²) in [5.41, 5.74) is 0.952. The van der Waals surface area contributed by atoms with Crippen LogP contribution in [0.2, 0.25) is 0 Å². The van der Waals surface area contributed by atoms with E-state index in [1.807, 2.05) is 42.2 Å². The molecular weight excluding hydrogens is 304 g/mol. The maximum atomic E-state index is 12.3. The first-order chi connectivity index (χ1) is 11.7. The van der Waals surface area contributed by atoms with Crippen LogP contribution in [0.15, 0.2) is 30.3 Å². The molecule has 0 unspecified atom stereocenters. The average Bonchev–Trinajstić information content (AvgIpc) is 3.07. The predicted octanol–water partition coefficient (Wildman–Crippen LogP) is 2.22. The fraction of sp³-hybridized carbons (Fsp3) is 0.526. The first-order valence-electron chi connectivity index (χ1n) is 8.52. The Balaban J connectivity index is 1.49. The second kappa shape index (κ2) is 7.69. The van der Waals surface area contributed by atoms with Crippen LogP contribution in [-0.4, -0.2) is 49.6 Å². The number of hydrogen-bond donors (Lipinski definition) is 1. The summed E-state index contributed by atoms with van der Waals surface area (Å²) in [7, 11) is 0. The Kier molecular flexibility index (Phi) is 5.39. The molecule has 2 saturated heterocycles. The number of carbonyl (C=O) groups is 1. The van der Waals surface area contributed by atoms with Crippen LogP contribution in [0.4, 0.5) is 4.79 Å². The van der Waals surface area contributed by atoms with Crippen molar-refractivity contribution in [3.63, 3.8) is 0 Å². The van der Waals surface area contributed by atoms with Gasteiger partial charge in [0.2, 0.25) is 0 Å². The lowest BCUT2D eigenvalue weighted by atomic mass is 9.90. The minimum absolute atomic E-state index is 0.0661. The Hall–Kier alpha value is -2.03. The SMILES string of the molecule is CC1([C@@H]2CCCN(C(=O)NCC#Cc3ccccc3)C2)OCCO1. The van der Waals surface area contributed by atoms with Crippen molar-refractivity contribution in [1.29, 1.82) is 0 Å². The molecule has 0 aromatic heterocycles. The lowest BCUT2D eigenvalue weighted by Gasteiger charge is -2.39. The van der Waals surface area contributed by atoms with Gasteiger partial charge in [0.15, 0.2) is 5.79 Å². The third-order valence-corrected chi connectivity index (χ3v) is 4.65. The fourth-order valence-electron chi connectivity index (χ4n) is 3.25. The molecule has 0 saturated carbocycles. The van der Waals surface area contributed by atoms with Gasteiger partial charge < -0.3 is 19.7 Å². The summed E-state index contributed by atoms with van der Waals surface area (Å²) in [6.45, 7) is 5.03. The van der Waals surface area contributed by atoms with Crippen molar-refractivity contribution in [2.45, 2.75) is 25.6 Å². The number of carbonyl (C=O) groups excluding carboxylic acids is 1. The van der Waals surface area contributed by atoms with E-state index in [1.165, 1.54) is 0 Å². The van der Waals surface area contributed by atoms with E-state index in [9.17, 15) is 4.79 Å². The van der Waals surface area contributed by atoms with Crippen molar-refractivity contribution in [3.05, 3.63) is 35.9 Å². The van der Waals surface area contributed by atoms with Gasteiger partial charge in [0.25, 0.3) is 0 Å². The third kappa shape index (κ3) is 4.08. The minimum atomic E-state index is -0.550. The van der Waals surface area contributed by atoms with Gasteiger partial charge in [-0.3, -0.25) is 0 Å². The summed E-state index contributed by atoms with van der Waals surface area (Å²) in [5, 5.41) is 2.88. The standard InChI is InChI=1S/C19H24N2O3/c1-19(23-13-14-24-19)17-10-6-12-21(15-17)18(22)20-11-5-9-16-7-3-2-4-8-16/h2-4,7-8,17H,6,10-15H2,1H3,(H,20,22)/t17-/m1/s1. The minimum Gasteiger partial charge on any atom is -0.347 e. The Morgan fingerprint density at radius 3 is 2.83 bits per heavy atom. The topological polar surface area (TPSA) is 50.8 Å². The molecule has 24 heavy (non-hydrogen) atoms. The van der Waals surface area contributed by atoms with E-state index in [2.05, 4.69) is 17.2 Å². The number of rotatable bonds is 2. The van der Waals surface area contributed by atoms with E-state index in [0.29, 0.717) is 26.3 Å². The third-order valence-electron chi connectivity index (χ3n) is 4.65. The van der Waals surface area contributed by atoms with Crippen molar-refractivity contribution in [2.75, 3.05) is 32.8 Å². The number of benzene rings is 1. The summed E-state index contributed by atoms with van der Waals surface area (Å²) in [6.07, 6.45) is 1.99. The van der Waals surface area contributed by atoms with Gasteiger partial charge in [-0.1, -0.05) is 30.0 Å². The number of hydrogen-bond acceptors (Lipinski definition) is 3. The van der Waals surface area contributed by atoms with Crippen LogP contribution in [0, 0.1) is 17.8 Å². The highest BCUT2D eigenvalue weighted by molar-refractivity contribution is 5.74. The van der Waals surface area contributed by atoms with E-state index in [4.69, 9.17) is 9.47 Å². The molecule has 0 radical (unpaired) electrons. The summed E-state index contributed by atoms with van der Waals surface area (Å²) >= 11 is 0. The second-order valence-electron chi connectivity index (χ2n) is 6.32. The zero-order valence-corrected chi connectivity index (χ0v) is 14.1. The molecule has 5 nitrogen and oxygen atoms in total. The Labute approximate surface area is 143 Å². The molecule has 2 fully saturated rings. The van der Waals surface area contributed by atoms with Crippen molar-refractivity contribution in [1.82, 2.24) is 10.2 Å². The number of nitrogens with one attached hydrogen (secondary N) is 1. The molecular formula is C19H24N2O3. The number of nitrogens with zero attached hydrogens (tertiary/aromatic N) is 1. The monoisotopic (exact) mass is 328 g/mol. The number of urea groups is 1. The van der Waals surface area contributed by atoms with Gasteiger partial charge in [-0.15, -0.1) is 0 Å². The molecule has 1 aromatic carbocycles.